The van der Waals surface area contributed by atoms with Gasteiger partial charge in [0.1, 0.15) is 5.75 Å². The van der Waals surface area contributed by atoms with Crippen molar-refractivity contribution in [1.82, 2.24) is 0 Å². The van der Waals surface area contributed by atoms with E-state index in [-0.39, 0.29) is 5.75 Å². The number of nitrogens with one attached hydrogen (secondary N) is 1. The van der Waals surface area contributed by atoms with Crippen LogP contribution < -0.4 is 5.48 Å². The molecule has 0 aliphatic carbocycles. The summed E-state index contributed by atoms with van der Waals surface area (Å²) in [6.07, 6.45) is 0. The molecule has 0 spiro atoms. The smallest absolute Gasteiger partial charge is 0.115 e. The maximum atomic E-state index is 8.91. The number of aromatic hydroxyl groups is 1. The van der Waals surface area contributed by atoms with Gasteiger partial charge in [-0.25, -0.2) is 0 Å². The second-order valence-electron chi connectivity index (χ2n) is 2.08. The van der Waals surface area contributed by atoms with Crippen LogP contribution in [0.3, 0.4) is 0 Å². The third kappa shape index (κ3) is 2.47. The van der Waals surface area contributed by atoms with Crippen molar-refractivity contribution in [2.24, 2.45) is 0 Å². The Kier molecular flexibility index (Phi) is 2.74. The van der Waals surface area contributed by atoms with Crippen molar-refractivity contribution in [3.05, 3.63) is 24.3 Å². The molecule has 0 aromatic heterocycles. The molecule has 3 heteroatoms. The molecule has 0 heterocycles. The summed E-state index contributed by atoms with van der Waals surface area (Å²) in [4.78, 5) is 4.93. The minimum Gasteiger partial charge on any atom is -0.508 e. The van der Waals surface area contributed by atoms with Gasteiger partial charge in [0.05, 0.1) is 12.3 Å². The standard InChI is InChI=1S/C8H11NO2/c1-2-11-9-7-3-5-8(10)6-4-7/h3-6,9-10H,2H2,1H3. The van der Waals surface area contributed by atoms with Gasteiger partial charge in [-0.3, -0.25) is 10.3 Å². The second-order valence-corrected chi connectivity index (χ2v) is 2.08. The van der Waals surface area contributed by atoms with Crippen LogP contribution in [-0.4, -0.2) is 11.7 Å². The van der Waals surface area contributed by atoms with Crippen LogP contribution in [0.1, 0.15) is 6.92 Å². The lowest BCUT2D eigenvalue weighted by Crippen LogP contribution is -1.99. The van der Waals surface area contributed by atoms with Crippen molar-refractivity contribution >= 4 is 5.69 Å². The van der Waals surface area contributed by atoms with Crippen LogP contribution in [0.15, 0.2) is 24.3 Å². The van der Waals surface area contributed by atoms with E-state index in [9.17, 15) is 0 Å². The lowest BCUT2D eigenvalue weighted by molar-refractivity contribution is 0.210. The van der Waals surface area contributed by atoms with Gasteiger partial charge < -0.3 is 5.11 Å². The summed E-state index contributed by atoms with van der Waals surface area (Å²) < 4.78 is 0. The second kappa shape index (κ2) is 3.83. The van der Waals surface area contributed by atoms with Gasteiger partial charge in [-0.15, -0.1) is 0 Å². The Hall–Kier alpha value is -1.22. The van der Waals surface area contributed by atoms with Crippen LogP contribution in [0, 0.1) is 0 Å². The van der Waals surface area contributed by atoms with E-state index in [1.54, 1.807) is 24.3 Å². The fourth-order valence-corrected chi connectivity index (χ4v) is 0.685. The fraction of sp³-hybridized carbons (Fsp3) is 0.250. The number of hydrogen-bond acceptors (Lipinski definition) is 3. The molecular weight excluding hydrogens is 142 g/mol. The molecule has 0 aliphatic rings. The average Bonchev–Trinajstić information content (AvgIpc) is 2.04. The van der Waals surface area contributed by atoms with E-state index in [0.717, 1.165) is 5.69 Å². The van der Waals surface area contributed by atoms with Gasteiger partial charge >= 0.3 is 0 Å². The number of anilines is 1. The summed E-state index contributed by atoms with van der Waals surface area (Å²) in [7, 11) is 0. The first-order chi connectivity index (χ1) is 5.33. The van der Waals surface area contributed by atoms with Crippen molar-refractivity contribution < 1.29 is 9.94 Å². The first-order valence-electron chi connectivity index (χ1n) is 3.49. The number of hydrogen-bond donors (Lipinski definition) is 2. The molecule has 11 heavy (non-hydrogen) atoms. The van der Waals surface area contributed by atoms with Crippen LogP contribution in [0.2, 0.25) is 0 Å². The normalized spacial score (nSPS) is 9.55. The Morgan fingerprint density at radius 2 is 2.00 bits per heavy atom. The molecule has 0 saturated heterocycles. The van der Waals surface area contributed by atoms with Crippen LogP contribution in [0.4, 0.5) is 5.69 Å². The van der Waals surface area contributed by atoms with Crippen molar-refractivity contribution in [2.75, 3.05) is 12.1 Å². The number of rotatable bonds is 3. The molecule has 1 aromatic carbocycles. The zero-order valence-electron chi connectivity index (χ0n) is 6.37. The van der Waals surface area contributed by atoms with E-state index >= 15 is 0 Å². The predicted octanol–water partition coefficient (Wildman–Crippen LogP) is 1.76. The topological polar surface area (TPSA) is 41.5 Å². The SMILES string of the molecule is CCONc1ccc(O)cc1. The van der Waals surface area contributed by atoms with E-state index < -0.39 is 0 Å². The minimum atomic E-state index is 0.257. The van der Waals surface area contributed by atoms with Gasteiger partial charge in [0, 0.05) is 0 Å². The molecule has 1 rings (SSSR count). The molecule has 0 atom stereocenters. The van der Waals surface area contributed by atoms with Crippen LogP contribution in [-0.2, 0) is 4.84 Å². The minimum absolute atomic E-state index is 0.257. The monoisotopic (exact) mass is 153 g/mol. The Labute approximate surface area is 65.6 Å². The van der Waals surface area contributed by atoms with Gasteiger partial charge in [-0.2, -0.15) is 0 Å². The van der Waals surface area contributed by atoms with Gasteiger partial charge in [0.2, 0.25) is 0 Å². The molecule has 60 valence electrons. The Balaban J connectivity index is 2.52. The van der Waals surface area contributed by atoms with Crippen molar-refractivity contribution in [2.45, 2.75) is 6.92 Å². The molecule has 0 aliphatic heterocycles. The van der Waals surface area contributed by atoms with Crippen molar-refractivity contribution in [3.8, 4) is 5.75 Å². The Bertz CT molecular complexity index is 208. The summed E-state index contributed by atoms with van der Waals surface area (Å²) in [5, 5.41) is 8.91. The molecular formula is C8H11NO2. The Morgan fingerprint density at radius 3 is 2.55 bits per heavy atom. The maximum Gasteiger partial charge on any atom is 0.115 e. The summed E-state index contributed by atoms with van der Waals surface area (Å²) in [5.74, 6) is 0.257. The molecule has 0 saturated carbocycles. The first kappa shape index (κ1) is 7.88. The van der Waals surface area contributed by atoms with E-state index in [1.165, 1.54) is 0 Å². The highest BCUT2D eigenvalue weighted by Crippen LogP contribution is 2.13. The molecule has 3 nitrogen and oxygen atoms in total. The van der Waals surface area contributed by atoms with Crippen molar-refractivity contribution in [3.63, 3.8) is 0 Å². The lowest BCUT2D eigenvalue weighted by Gasteiger charge is -2.03. The molecule has 1 aromatic rings. The van der Waals surface area contributed by atoms with Crippen molar-refractivity contribution in [1.29, 1.82) is 0 Å². The molecule has 0 amide bonds. The number of benzene rings is 1. The first-order valence-corrected chi connectivity index (χ1v) is 3.49. The fourth-order valence-electron chi connectivity index (χ4n) is 0.685. The predicted molar refractivity (Wildman–Crippen MR) is 43.4 cm³/mol. The highest BCUT2D eigenvalue weighted by molar-refractivity contribution is 5.43. The summed E-state index contributed by atoms with van der Waals surface area (Å²) in [5.41, 5.74) is 3.55. The third-order valence-corrected chi connectivity index (χ3v) is 1.20. The third-order valence-electron chi connectivity index (χ3n) is 1.20. The average molecular weight is 153 g/mol. The molecule has 2 N–H and O–H groups in total. The largest absolute Gasteiger partial charge is 0.508 e. The quantitative estimate of drug-likeness (QED) is 0.513. The lowest BCUT2D eigenvalue weighted by atomic mass is 10.3. The zero-order valence-corrected chi connectivity index (χ0v) is 6.37. The summed E-state index contributed by atoms with van der Waals surface area (Å²) >= 11 is 0. The highest BCUT2D eigenvalue weighted by Gasteiger charge is 1.89. The van der Waals surface area contributed by atoms with E-state index in [4.69, 9.17) is 9.94 Å². The van der Waals surface area contributed by atoms with Crippen LogP contribution >= 0.6 is 0 Å². The number of phenols is 1. The van der Waals surface area contributed by atoms with E-state index in [0.29, 0.717) is 6.61 Å². The van der Waals surface area contributed by atoms with Gasteiger partial charge in [0.25, 0.3) is 0 Å². The maximum absolute atomic E-state index is 8.91. The zero-order chi connectivity index (χ0) is 8.10. The molecule has 0 bridgehead atoms. The van der Waals surface area contributed by atoms with E-state index in [1.807, 2.05) is 6.92 Å². The Morgan fingerprint density at radius 1 is 1.36 bits per heavy atom. The summed E-state index contributed by atoms with van der Waals surface area (Å²) in [6, 6.07) is 6.68. The summed E-state index contributed by atoms with van der Waals surface area (Å²) in [6.45, 7) is 2.51. The molecule has 0 unspecified atom stereocenters. The van der Waals surface area contributed by atoms with Gasteiger partial charge in [-0.05, 0) is 31.2 Å². The molecule has 0 radical (unpaired) electrons. The van der Waals surface area contributed by atoms with Crippen LogP contribution in [0.25, 0.3) is 0 Å². The van der Waals surface area contributed by atoms with Gasteiger partial charge in [-0.1, -0.05) is 0 Å². The van der Waals surface area contributed by atoms with E-state index in [2.05, 4.69) is 5.48 Å². The highest BCUT2D eigenvalue weighted by atomic mass is 16.6. The van der Waals surface area contributed by atoms with Gasteiger partial charge in [0.15, 0.2) is 0 Å². The molecule has 0 fully saturated rings. The number of phenolic OH excluding ortho intramolecular Hbond substituents is 1. The van der Waals surface area contributed by atoms with Crippen LogP contribution in [0.5, 0.6) is 5.75 Å².